The van der Waals surface area contributed by atoms with Crippen molar-refractivity contribution in [3.8, 4) is 5.75 Å². The van der Waals surface area contributed by atoms with E-state index in [0.29, 0.717) is 44.0 Å². The van der Waals surface area contributed by atoms with Gasteiger partial charge in [0, 0.05) is 30.6 Å². The number of nitrogens with zero attached hydrogens (tertiary/aromatic N) is 1. The minimum Gasteiger partial charge on any atom is -0.496 e. The van der Waals surface area contributed by atoms with Crippen LogP contribution in [0.1, 0.15) is 15.9 Å². The number of ether oxygens (including phenoxy) is 2. The monoisotopic (exact) mass is 290 g/mol. The summed E-state index contributed by atoms with van der Waals surface area (Å²) in [5.74, 6) is 0.382. The van der Waals surface area contributed by atoms with Crippen LogP contribution in [-0.2, 0) is 16.0 Å². The fourth-order valence-corrected chi connectivity index (χ4v) is 2.82. The summed E-state index contributed by atoms with van der Waals surface area (Å²) >= 11 is 0. The zero-order valence-corrected chi connectivity index (χ0v) is 11.9. The van der Waals surface area contributed by atoms with Gasteiger partial charge in [0.25, 0.3) is 5.91 Å². The normalized spacial score (nSPS) is 21.5. The van der Waals surface area contributed by atoms with E-state index < -0.39 is 6.04 Å². The maximum Gasteiger partial charge on any atom is 0.252 e. The lowest BCUT2D eigenvalue weighted by Crippen LogP contribution is -2.54. The van der Waals surface area contributed by atoms with E-state index in [4.69, 9.17) is 9.47 Å². The largest absolute Gasteiger partial charge is 0.496 e. The fraction of sp³-hybridized carbons (Fsp3) is 0.467. The van der Waals surface area contributed by atoms with Crippen LogP contribution in [0.3, 0.4) is 0 Å². The minimum atomic E-state index is -0.528. The van der Waals surface area contributed by atoms with Gasteiger partial charge in [-0.3, -0.25) is 9.59 Å². The van der Waals surface area contributed by atoms with Gasteiger partial charge in [-0.25, -0.2) is 0 Å². The Morgan fingerprint density at radius 1 is 1.38 bits per heavy atom. The lowest BCUT2D eigenvalue weighted by molar-refractivity contribution is -0.137. The lowest BCUT2D eigenvalue weighted by atomic mass is 9.93. The first-order chi connectivity index (χ1) is 10.2. The number of benzene rings is 1. The molecule has 6 nitrogen and oxygen atoms in total. The first-order valence-electron chi connectivity index (χ1n) is 7.04. The second-order valence-corrected chi connectivity index (χ2v) is 5.15. The van der Waals surface area contributed by atoms with E-state index in [9.17, 15) is 9.59 Å². The van der Waals surface area contributed by atoms with Crippen molar-refractivity contribution in [3.63, 3.8) is 0 Å². The molecule has 0 aliphatic carbocycles. The quantitative estimate of drug-likeness (QED) is 0.845. The average molecular weight is 290 g/mol. The molecule has 0 bridgehead atoms. The van der Waals surface area contributed by atoms with E-state index in [0.717, 1.165) is 5.56 Å². The fourth-order valence-electron chi connectivity index (χ4n) is 2.82. The number of carbonyl (C=O) groups is 2. The first kappa shape index (κ1) is 13.9. The summed E-state index contributed by atoms with van der Waals surface area (Å²) in [5.41, 5.74) is 1.38. The van der Waals surface area contributed by atoms with Crippen LogP contribution in [0.25, 0.3) is 0 Å². The third kappa shape index (κ3) is 2.58. The Morgan fingerprint density at radius 3 is 2.86 bits per heavy atom. The number of amides is 2. The number of hydrogen-bond acceptors (Lipinski definition) is 4. The Morgan fingerprint density at radius 2 is 2.14 bits per heavy atom. The Hall–Kier alpha value is -2.08. The summed E-state index contributed by atoms with van der Waals surface area (Å²) in [7, 11) is 1.57. The van der Waals surface area contributed by atoms with Crippen LogP contribution < -0.4 is 10.1 Å². The summed E-state index contributed by atoms with van der Waals surface area (Å²) in [6.45, 7) is 2.24. The third-order valence-corrected chi connectivity index (χ3v) is 3.93. The van der Waals surface area contributed by atoms with Gasteiger partial charge in [0.2, 0.25) is 5.91 Å². The summed E-state index contributed by atoms with van der Waals surface area (Å²) in [4.78, 5) is 26.5. The molecule has 0 aromatic heterocycles. The van der Waals surface area contributed by atoms with E-state index in [2.05, 4.69) is 5.32 Å². The molecule has 2 aliphatic rings. The molecule has 1 aromatic carbocycles. The number of hydrogen-bond donors (Lipinski definition) is 1. The molecular formula is C15H18N2O4. The number of methoxy groups -OCH3 is 1. The maximum absolute atomic E-state index is 12.5. The van der Waals surface area contributed by atoms with Gasteiger partial charge in [-0.15, -0.1) is 0 Å². The molecule has 2 heterocycles. The van der Waals surface area contributed by atoms with Crippen LogP contribution in [0.5, 0.6) is 5.75 Å². The Bertz CT molecular complexity index is 567. The van der Waals surface area contributed by atoms with Crippen molar-refractivity contribution in [2.24, 2.45) is 0 Å². The minimum absolute atomic E-state index is 0.0526. The molecule has 1 unspecified atom stereocenters. The molecule has 2 aliphatic heterocycles. The zero-order valence-electron chi connectivity index (χ0n) is 11.9. The summed E-state index contributed by atoms with van der Waals surface area (Å²) < 4.78 is 10.6. The predicted molar refractivity (Wildman–Crippen MR) is 75.4 cm³/mol. The molecule has 1 fully saturated rings. The lowest BCUT2D eigenvalue weighted by Gasteiger charge is -2.33. The highest BCUT2D eigenvalue weighted by Crippen LogP contribution is 2.27. The smallest absolute Gasteiger partial charge is 0.252 e. The number of fused-ring (bicyclic) bond motifs is 1. The molecule has 3 rings (SSSR count). The highest BCUT2D eigenvalue weighted by molar-refractivity contribution is 6.01. The Balaban J connectivity index is 1.83. The van der Waals surface area contributed by atoms with Gasteiger partial charge in [0.05, 0.1) is 20.3 Å². The van der Waals surface area contributed by atoms with E-state index in [1.54, 1.807) is 24.1 Å². The molecule has 1 atom stereocenters. The molecule has 1 saturated heterocycles. The molecule has 2 amide bonds. The van der Waals surface area contributed by atoms with Gasteiger partial charge in [0.15, 0.2) is 0 Å². The van der Waals surface area contributed by atoms with E-state index in [-0.39, 0.29) is 11.8 Å². The van der Waals surface area contributed by atoms with Crippen LogP contribution in [0.4, 0.5) is 0 Å². The van der Waals surface area contributed by atoms with Gasteiger partial charge in [0.1, 0.15) is 11.8 Å². The van der Waals surface area contributed by atoms with Crippen molar-refractivity contribution < 1.29 is 19.1 Å². The number of nitrogens with one attached hydrogen (secondary N) is 1. The average Bonchev–Trinajstić information content (AvgIpc) is 2.54. The van der Waals surface area contributed by atoms with Gasteiger partial charge < -0.3 is 19.7 Å². The molecule has 21 heavy (non-hydrogen) atoms. The standard InChI is InChI=1S/C15H18N2O4/c1-20-13-4-2-3-10-11(13)9-12(16-14(10)18)15(19)17-5-7-21-8-6-17/h2-4,12H,5-9H2,1H3,(H,16,18). The predicted octanol–water partition coefficient (Wildman–Crippen LogP) is 0.208. The molecular weight excluding hydrogens is 272 g/mol. The van der Waals surface area contributed by atoms with Gasteiger partial charge in [-0.05, 0) is 12.1 Å². The van der Waals surface area contributed by atoms with Crippen LogP contribution in [0.2, 0.25) is 0 Å². The molecule has 6 heteroatoms. The van der Waals surface area contributed by atoms with Crippen molar-refractivity contribution in [3.05, 3.63) is 29.3 Å². The van der Waals surface area contributed by atoms with E-state index >= 15 is 0 Å². The number of morpholine rings is 1. The Labute approximate surface area is 123 Å². The van der Waals surface area contributed by atoms with Crippen molar-refractivity contribution in [1.29, 1.82) is 0 Å². The van der Waals surface area contributed by atoms with Crippen molar-refractivity contribution in [2.45, 2.75) is 12.5 Å². The highest BCUT2D eigenvalue weighted by Gasteiger charge is 2.33. The van der Waals surface area contributed by atoms with Gasteiger partial charge >= 0.3 is 0 Å². The molecule has 0 spiro atoms. The van der Waals surface area contributed by atoms with Crippen LogP contribution in [-0.4, -0.2) is 56.2 Å². The number of rotatable bonds is 2. The van der Waals surface area contributed by atoms with Crippen molar-refractivity contribution >= 4 is 11.8 Å². The van der Waals surface area contributed by atoms with Crippen LogP contribution in [0.15, 0.2) is 18.2 Å². The van der Waals surface area contributed by atoms with Crippen LogP contribution >= 0.6 is 0 Å². The first-order valence-corrected chi connectivity index (χ1v) is 7.04. The second-order valence-electron chi connectivity index (χ2n) is 5.15. The molecule has 112 valence electrons. The molecule has 0 saturated carbocycles. The summed E-state index contributed by atoms with van der Waals surface area (Å²) in [6, 6.07) is 4.82. The maximum atomic E-state index is 12.5. The summed E-state index contributed by atoms with van der Waals surface area (Å²) in [6.07, 6.45) is 0.460. The van der Waals surface area contributed by atoms with Crippen molar-refractivity contribution in [2.75, 3.05) is 33.4 Å². The van der Waals surface area contributed by atoms with Crippen LogP contribution in [0, 0.1) is 0 Å². The SMILES string of the molecule is COc1cccc2c1CC(C(=O)N1CCOCC1)NC2=O. The Kier molecular flexibility index (Phi) is 3.79. The molecule has 1 aromatic rings. The third-order valence-electron chi connectivity index (χ3n) is 3.93. The van der Waals surface area contributed by atoms with E-state index in [1.165, 1.54) is 0 Å². The summed E-state index contributed by atoms with van der Waals surface area (Å²) in [5, 5.41) is 2.79. The molecule has 0 radical (unpaired) electrons. The van der Waals surface area contributed by atoms with Gasteiger partial charge in [-0.2, -0.15) is 0 Å². The van der Waals surface area contributed by atoms with E-state index in [1.807, 2.05) is 6.07 Å². The topological polar surface area (TPSA) is 67.9 Å². The highest BCUT2D eigenvalue weighted by atomic mass is 16.5. The number of carbonyl (C=O) groups excluding carboxylic acids is 2. The zero-order chi connectivity index (χ0) is 14.8. The second kappa shape index (κ2) is 5.73. The van der Waals surface area contributed by atoms with Crippen molar-refractivity contribution in [1.82, 2.24) is 10.2 Å². The molecule has 1 N–H and O–H groups in total. The van der Waals surface area contributed by atoms with Gasteiger partial charge in [-0.1, -0.05) is 6.07 Å².